The lowest BCUT2D eigenvalue weighted by atomic mass is 10.1. The van der Waals surface area contributed by atoms with Crippen LogP contribution in [0.5, 0.6) is 5.75 Å². The van der Waals surface area contributed by atoms with E-state index in [1.54, 1.807) is 18.2 Å². The van der Waals surface area contributed by atoms with E-state index in [4.69, 9.17) is 5.73 Å². The molecule has 0 aliphatic heterocycles. The van der Waals surface area contributed by atoms with Gasteiger partial charge in [0.15, 0.2) is 5.65 Å². The minimum atomic E-state index is -0.640. The number of fused-ring (bicyclic) bond motifs is 2. The van der Waals surface area contributed by atoms with Crippen LogP contribution in [0.25, 0.3) is 33.1 Å². The van der Waals surface area contributed by atoms with Crippen LogP contribution in [0.2, 0.25) is 0 Å². The molecule has 10 heteroatoms. The first-order chi connectivity index (χ1) is 16.2. The number of hydrogen-bond donors (Lipinski definition) is 2. The van der Waals surface area contributed by atoms with Crippen molar-refractivity contribution in [3.05, 3.63) is 76.5 Å². The second-order valence-corrected chi connectivity index (χ2v) is 8.27. The number of halogens is 2. The fraction of sp³-hybridized carbons (Fsp3) is 0.167. The van der Waals surface area contributed by atoms with E-state index in [0.717, 1.165) is 6.07 Å². The first kappa shape index (κ1) is 21.5. The van der Waals surface area contributed by atoms with Crippen molar-refractivity contribution in [3.63, 3.8) is 0 Å². The molecule has 3 heterocycles. The van der Waals surface area contributed by atoms with Gasteiger partial charge in [-0.25, -0.2) is 23.4 Å². The zero-order valence-corrected chi connectivity index (χ0v) is 18.3. The average Bonchev–Trinajstić information content (AvgIpc) is 3.12. The number of rotatable bonds is 4. The molecule has 5 aromatic rings. The van der Waals surface area contributed by atoms with Crippen molar-refractivity contribution in [2.45, 2.75) is 26.4 Å². The minimum Gasteiger partial charge on any atom is -0.508 e. The van der Waals surface area contributed by atoms with Gasteiger partial charge in [0.2, 0.25) is 0 Å². The molecule has 0 amide bonds. The Bertz CT molecular complexity index is 1620. The number of nitrogens with zero attached hydrogens (tertiary/aromatic N) is 5. The molecule has 3 N–H and O–H groups in total. The summed E-state index contributed by atoms with van der Waals surface area (Å²) < 4.78 is 31.5. The van der Waals surface area contributed by atoms with Gasteiger partial charge in [-0.05, 0) is 43.5 Å². The number of pyridine rings is 1. The Labute approximate surface area is 191 Å². The Morgan fingerprint density at radius 3 is 2.62 bits per heavy atom. The third-order valence-corrected chi connectivity index (χ3v) is 5.65. The highest BCUT2D eigenvalue weighted by atomic mass is 19.1. The maximum Gasteiger partial charge on any atom is 0.261 e. The van der Waals surface area contributed by atoms with Gasteiger partial charge in [0.05, 0.1) is 17.3 Å². The molecular weight excluding hydrogens is 442 g/mol. The Morgan fingerprint density at radius 1 is 1.09 bits per heavy atom. The maximum absolute atomic E-state index is 14.4. The largest absolute Gasteiger partial charge is 0.508 e. The van der Waals surface area contributed by atoms with E-state index < -0.39 is 17.2 Å². The van der Waals surface area contributed by atoms with Crippen LogP contribution in [0, 0.1) is 11.6 Å². The summed E-state index contributed by atoms with van der Waals surface area (Å²) in [5.74, 6) is -1.35. The van der Waals surface area contributed by atoms with Gasteiger partial charge in [-0.3, -0.25) is 4.79 Å². The second-order valence-electron chi connectivity index (χ2n) is 8.27. The normalized spacial score (nSPS) is 11.7. The van der Waals surface area contributed by atoms with Crippen molar-refractivity contribution < 1.29 is 13.9 Å². The molecule has 0 bridgehead atoms. The number of hydrogen-bond acceptors (Lipinski definition) is 6. The molecule has 34 heavy (non-hydrogen) atoms. The van der Waals surface area contributed by atoms with E-state index in [1.165, 1.54) is 33.8 Å². The number of anilines is 1. The molecule has 5 rings (SSSR count). The topological polar surface area (TPSA) is 112 Å². The summed E-state index contributed by atoms with van der Waals surface area (Å²) in [6.45, 7) is 3.77. The minimum absolute atomic E-state index is 0.0211. The number of phenolic OH excluding ortho intramolecular Hbond substituents is 1. The number of nitrogens with two attached hydrogens (primary N) is 1. The smallest absolute Gasteiger partial charge is 0.261 e. The molecule has 0 saturated carbocycles. The molecule has 0 aliphatic carbocycles. The highest BCUT2D eigenvalue weighted by Gasteiger charge is 2.21. The van der Waals surface area contributed by atoms with Crippen molar-refractivity contribution in [2.24, 2.45) is 0 Å². The van der Waals surface area contributed by atoms with Crippen LogP contribution in [0.15, 0.2) is 53.6 Å². The van der Waals surface area contributed by atoms with Crippen molar-refractivity contribution in [2.75, 3.05) is 5.73 Å². The number of phenols is 1. The van der Waals surface area contributed by atoms with Crippen LogP contribution in [0.1, 0.15) is 25.6 Å². The van der Waals surface area contributed by atoms with Gasteiger partial charge in [0, 0.05) is 23.4 Å². The van der Waals surface area contributed by atoms with E-state index >= 15 is 0 Å². The van der Waals surface area contributed by atoms with E-state index in [9.17, 15) is 18.7 Å². The van der Waals surface area contributed by atoms with Crippen LogP contribution in [-0.2, 0) is 6.54 Å². The molecule has 0 spiro atoms. The molecule has 0 atom stereocenters. The summed E-state index contributed by atoms with van der Waals surface area (Å²) in [5, 5.41) is 15.4. The maximum atomic E-state index is 14.4. The lowest BCUT2D eigenvalue weighted by Crippen LogP contribution is -2.27. The molecule has 2 aromatic carbocycles. The van der Waals surface area contributed by atoms with E-state index in [2.05, 4.69) is 15.1 Å². The Kier molecular flexibility index (Phi) is 5.00. The molecule has 3 aromatic heterocycles. The monoisotopic (exact) mass is 462 g/mol. The summed E-state index contributed by atoms with van der Waals surface area (Å²) in [7, 11) is 0. The Balaban J connectivity index is 1.75. The predicted octanol–water partition coefficient (Wildman–Crippen LogP) is 4.00. The molecule has 172 valence electrons. The van der Waals surface area contributed by atoms with Gasteiger partial charge >= 0.3 is 0 Å². The van der Waals surface area contributed by atoms with Crippen LogP contribution in [0.3, 0.4) is 0 Å². The Morgan fingerprint density at radius 2 is 1.88 bits per heavy atom. The molecular formula is C24H20F2N6O2. The quantitative estimate of drug-likeness (QED) is 0.418. The van der Waals surface area contributed by atoms with Crippen LogP contribution < -0.4 is 11.3 Å². The predicted molar refractivity (Wildman–Crippen MR) is 124 cm³/mol. The van der Waals surface area contributed by atoms with Gasteiger partial charge in [0.1, 0.15) is 35.2 Å². The molecule has 0 fully saturated rings. The number of aromatic hydroxyl groups is 1. The van der Waals surface area contributed by atoms with Crippen LogP contribution in [0.4, 0.5) is 14.6 Å². The second kappa shape index (κ2) is 7.91. The van der Waals surface area contributed by atoms with E-state index in [1.807, 2.05) is 13.8 Å². The molecule has 0 radical (unpaired) electrons. The zero-order valence-electron chi connectivity index (χ0n) is 18.3. The van der Waals surface area contributed by atoms with E-state index in [-0.39, 0.29) is 35.2 Å². The van der Waals surface area contributed by atoms with Gasteiger partial charge in [-0.2, -0.15) is 5.10 Å². The highest BCUT2D eigenvalue weighted by molar-refractivity contribution is 5.98. The van der Waals surface area contributed by atoms with Crippen LogP contribution >= 0.6 is 0 Å². The summed E-state index contributed by atoms with van der Waals surface area (Å²) in [6.07, 6.45) is 1.29. The molecule has 0 unspecified atom stereocenters. The lowest BCUT2D eigenvalue weighted by Gasteiger charge is -2.18. The summed E-state index contributed by atoms with van der Waals surface area (Å²) in [4.78, 5) is 21.5. The fourth-order valence-electron chi connectivity index (χ4n) is 4.28. The highest BCUT2D eigenvalue weighted by Crippen LogP contribution is 2.33. The van der Waals surface area contributed by atoms with Gasteiger partial charge in [0.25, 0.3) is 5.56 Å². The SMILES string of the molecule is CC(C)n1c(Cn2nc(-c3cc(O)cc(F)c3)c3c(N)ncnc32)cc2cccc(F)c2c1=O. The summed E-state index contributed by atoms with van der Waals surface area (Å²) in [5.41, 5.74) is 7.20. The van der Waals surface area contributed by atoms with Gasteiger partial charge < -0.3 is 15.4 Å². The van der Waals surface area contributed by atoms with Crippen molar-refractivity contribution in [1.82, 2.24) is 24.3 Å². The third kappa shape index (κ3) is 3.43. The Hall–Kier alpha value is -4.34. The van der Waals surface area contributed by atoms with Gasteiger partial charge in [-0.1, -0.05) is 12.1 Å². The van der Waals surface area contributed by atoms with Crippen LogP contribution in [-0.4, -0.2) is 29.4 Å². The van der Waals surface area contributed by atoms with Crippen molar-refractivity contribution >= 4 is 27.6 Å². The molecule has 0 aliphatic rings. The van der Waals surface area contributed by atoms with Crippen molar-refractivity contribution in [3.8, 4) is 17.0 Å². The zero-order chi connectivity index (χ0) is 24.1. The molecule has 0 saturated heterocycles. The summed E-state index contributed by atoms with van der Waals surface area (Å²) in [6, 6.07) is 9.54. The summed E-state index contributed by atoms with van der Waals surface area (Å²) >= 11 is 0. The molecule has 8 nitrogen and oxygen atoms in total. The van der Waals surface area contributed by atoms with Gasteiger partial charge in [-0.15, -0.1) is 0 Å². The third-order valence-electron chi connectivity index (χ3n) is 5.65. The number of benzene rings is 2. The van der Waals surface area contributed by atoms with Crippen molar-refractivity contribution in [1.29, 1.82) is 0 Å². The number of aromatic nitrogens is 5. The number of nitrogen functional groups attached to an aromatic ring is 1. The first-order valence-corrected chi connectivity index (χ1v) is 10.5. The first-order valence-electron chi connectivity index (χ1n) is 10.5. The lowest BCUT2D eigenvalue weighted by molar-refractivity contribution is 0.469. The fourth-order valence-corrected chi connectivity index (χ4v) is 4.28. The standard InChI is InChI=1S/C24H20F2N6O2/c1-12(2)32-16(7-13-4-3-5-18(26)19(13)24(32)34)10-31-23-20(22(27)28-11-29-23)21(30-31)14-6-15(25)9-17(33)8-14/h3-9,11-12,33H,10H2,1-2H3,(H2,27,28,29). The van der Waals surface area contributed by atoms with E-state index in [0.29, 0.717) is 27.7 Å². The average molecular weight is 462 g/mol.